The summed E-state index contributed by atoms with van der Waals surface area (Å²) in [5.41, 5.74) is 2.00. The van der Waals surface area contributed by atoms with Crippen molar-refractivity contribution in [3.05, 3.63) is 60.0 Å². The number of benzene rings is 2. The van der Waals surface area contributed by atoms with Crippen LogP contribution in [0.1, 0.15) is 11.4 Å². The van der Waals surface area contributed by atoms with Crippen molar-refractivity contribution in [1.29, 1.82) is 0 Å². The van der Waals surface area contributed by atoms with Crippen LogP contribution in [0.5, 0.6) is 17.2 Å². The Morgan fingerprint density at radius 2 is 1.81 bits per heavy atom. The zero-order chi connectivity index (χ0) is 22.5. The molecule has 0 aliphatic heterocycles. The van der Waals surface area contributed by atoms with Gasteiger partial charge in [-0.1, -0.05) is 12.1 Å². The maximum Gasteiger partial charge on any atom is 0.248 e. The summed E-state index contributed by atoms with van der Waals surface area (Å²) in [6, 6.07) is 13.5. The molecule has 0 bridgehead atoms. The molecule has 0 saturated heterocycles. The van der Waals surface area contributed by atoms with Gasteiger partial charge in [-0.15, -0.1) is 5.10 Å². The number of carbonyl (C=O) groups excluding carboxylic acids is 1. The van der Waals surface area contributed by atoms with Crippen molar-refractivity contribution in [2.75, 3.05) is 26.6 Å². The Morgan fingerprint density at radius 3 is 2.59 bits per heavy atom. The van der Waals surface area contributed by atoms with Gasteiger partial charge in [0.1, 0.15) is 18.1 Å². The molecule has 0 radical (unpaired) electrons. The van der Waals surface area contributed by atoms with E-state index in [2.05, 4.69) is 20.5 Å². The molecule has 4 aromatic rings. The number of fused-ring (bicyclic) bond motifs is 1. The number of aryl methyl sites for hydroxylation is 2. The van der Waals surface area contributed by atoms with Crippen LogP contribution in [0.2, 0.25) is 0 Å². The fraction of sp³-hybridized carbons (Fsp3) is 0.261. The predicted molar refractivity (Wildman–Crippen MR) is 120 cm³/mol. The molecule has 2 aromatic heterocycles. The van der Waals surface area contributed by atoms with E-state index in [1.807, 2.05) is 53.2 Å². The minimum absolute atomic E-state index is 0.145. The summed E-state index contributed by atoms with van der Waals surface area (Å²) in [5.74, 6) is 2.88. The van der Waals surface area contributed by atoms with Gasteiger partial charge in [-0.2, -0.15) is 4.98 Å². The second kappa shape index (κ2) is 9.42. The number of hydrogen-bond donors (Lipinski definition) is 2. The van der Waals surface area contributed by atoms with Crippen molar-refractivity contribution in [3.8, 4) is 17.2 Å². The largest absolute Gasteiger partial charge is 0.496 e. The zero-order valence-electron chi connectivity index (χ0n) is 18.2. The molecule has 0 saturated carbocycles. The van der Waals surface area contributed by atoms with Crippen LogP contribution in [-0.2, 0) is 24.2 Å². The quantitative estimate of drug-likeness (QED) is 0.418. The second-order valence-corrected chi connectivity index (χ2v) is 7.18. The lowest BCUT2D eigenvalue weighted by molar-refractivity contribution is -0.116. The summed E-state index contributed by atoms with van der Waals surface area (Å²) in [6.45, 7) is 0.145. The topological polar surface area (TPSA) is 103 Å². The number of hydrogen-bond acceptors (Lipinski definition) is 6. The van der Waals surface area contributed by atoms with E-state index >= 15 is 0 Å². The summed E-state index contributed by atoms with van der Waals surface area (Å²) in [7, 11) is 4.85. The van der Waals surface area contributed by atoms with E-state index in [4.69, 9.17) is 14.2 Å². The van der Waals surface area contributed by atoms with Gasteiger partial charge in [0.25, 0.3) is 0 Å². The van der Waals surface area contributed by atoms with Crippen molar-refractivity contribution >= 4 is 22.8 Å². The number of anilines is 1. The van der Waals surface area contributed by atoms with Gasteiger partial charge in [-0.25, -0.2) is 0 Å². The third-order valence-electron chi connectivity index (χ3n) is 5.19. The first-order valence-electron chi connectivity index (χ1n) is 10.1. The molecule has 0 unspecified atom stereocenters. The molecule has 2 aromatic carbocycles. The number of nitrogens with zero attached hydrogens (tertiary/aromatic N) is 3. The zero-order valence-corrected chi connectivity index (χ0v) is 18.2. The fourth-order valence-corrected chi connectivity index (χ4v) is 3.59. The van der Waals surface area contributed by atoms with Gasteiger partial charge >= 0.3 is 0 Å². The van der Waals surface area contributed by atoms with Gasteiger partial charge in [0.15, 0.2) is 11.5 Å². The highest BCUT2D eigenvalue weighted by Gasteiger charge is 2.12. The highest BCUT2D eigenvalue weighted by molar-refractivity contribution is 5.92. The Morgan fingerprint density at radius 1 is 1.00 bits per heavy atom. The molecule has 0 atom stereocenters. The number of nitrogens with one attached hydrogen (secondary N) is 2. The van der Waals surface area contributed by atoms with E-state index in [0.717, 1.165) is 28.6 Å². The van der Waals surface area contributed by atoms with Gasteiger partial charge in [0.2, 0.25) is 11.9 Å². The third-order valence-corrected chi connectivity index (χ3v) is 5.19. The number of aromatic nitrogens is 4. The average Bonchev–Trinajstić information content (AvgIpc) is 3.44. The molecule has 9 nitrogen and oxygen atoms in total. The second-order valence-electron chi connectivity index (χ2n) is 7.18. The smallest absolute Gasteiger partial charge is 0.248 e. The Balaban J connectivity index is 1.36. The van der Waals surface area contributed by atoms with E-state index < -0.39 is 0 Å². The molecule has 4 rings (SSSR count). The number of rotatable bonds is 9. The van der Waals surface area contributed by atoms with Crippen LogP contribution in [0.4, 0.5) is 5.95 Å². The van der Waals surface area contributed by atoms with Crippen molar-refractivity contribution in [3.63, 3.8) is 0 Å². The number of methoxy groups -OCH3 is 3. The molecule has 166 valence electrons. The maximum absolute atomic E-state index is 12.5. The van der Waals surface area contributed by atoms with E-state index in [0.29, 0.717) is 23.7 Å². The molecule has 0 fully saturated rings. The average molecular weight is 435 g/mol. The minimum atomic E-state index is -0.212. The molecule has 32 heavy (non-hydrogen) atoms. The van der Waals surface area contributed by atoms with Gasteiger partial charge in [-0.05, 0) is 42.3 Å². The van der Waals surface area contributed by atoms with Crippen LogP contribution in [0.25, 0.3) is 10.9 Å². The number of amides is 1. The van der Waals surface area contributed by atoms with Crippen molar-refractivity contribution in [2.24, 2.45) is 0 Å². The molecular formula is C23H25N5O4. The number of H-pyrrole nitrogens is 1. The molecule has 2 N–H and O–H groups in total. The van der Waals surface area contributed by atoms with E-state index in [-0.39, 0.29) is 18.4 Å². The SMILES string of the molecule is COc1ccc(CCc2nc(NC(=O)Cn3ccc4c(OC)cccc43)n[nH]2)cc1OC. The molecule has 9 heteroatoms. The monoisotopic (exact) mass is 435 g/mol. The molecule has 0 spiro atoms. The summed E-state index contributed by atoms with van der Waals surface area (Å²) in [4.78, 5) is 16.9. The fourth-order valence-electron chi connectivity index (χ4n) is 3.59. The van der Waals surface area contributed by atoms with Crippen LogP contribution in [0.15, 0.2) is 48.7 Å². The standard InChI is InChI=1S/C23H25N5O4/c1-30-18-6-4-5-17-16(18)11-12-28(17)14-22(29)25-23-24-21(26-27-23)10-8-15-7-9-19(31-2)20(13-15)32-3/h4-7,9,11-13H,8,10,14H2,1-3H3,(H2,24,25,26,27,29). The lowest BCUT2D eigenvalue weighted by atomic mass is 10.1. The first-order chi connectivity index (χ1) is 15.6. The van der Waals surface area contributed by atoms with Crippen LogP contribution in [-0.4, -0.2) is 47.0 Å². The summed E-state index contributed by atoms with van der Waals surface area (Å²) < 4.78 is 17.8. The normalized spacial score (nSPS) is 10.8. The van der Waals surface area contributed by atoms with E-state index in [9.17, 15) is 4.79 Å². The third kappa shape index (κ3) is 4.51. The molecular weight excluding hydrogens is 410 g/mol. The first-order valence-corrected chi connectivity index (χ1v) is 10.1. The highest BCUT2D eigenvalue weighted by Crippen LogP contribution is 2.28. The number of ether oxygens (including phenoxy) is 3. The first kappa shape index (κ1) is 21.2. The van der Waals surface area contributed by atoms with E-state index in [1.54, 1.807) is 21.3 Å². The molecule has 1 amide bonds. The van der Waals surface area contributed by atoms with Crippen molar-refractivity contribution < 1.29 is 19.0 Å². The number of aromatic amines is 1. The van der Waals surface area contributed by atoms with E-state index in [1.165, 1.54) is 0 Å². The summed E-state index contributed by atoms with van der Waals surface area (Å²) in [6.07, 6.45) is 3.24. The van der Waals surface area contributed by atoms with Gasteiger partial charge < -0.3 is 18.8 Å². The summed E-state index contributed by atoms with van der Waals surface area (Å²) >= 11 is 0. The van der Waals surface area contributed by atoms with Crippen molar-refractivity contribution in [1.82, 2.24) is 19.7 Å². The Labute approximate surface area is 185 Å². The van der Waals surface area contributed by atoms with Crippen LogP contribution >= 0.6 is 0 Å². The Kier molecular flexibility index (Phi) is 6.25. The molecule has 2 heterocycles. The van der Waals surface area contributed by atoms with Crippen molar-refractivity contribution in [2.45, 2.75) is 19.4 Å². The van der Waals surface area contributed by atoms with Crippen LogP contribution in [0.3, 0.4) is 0 Å². The lowest BCUT2D eigenvalue weighted by Gasteiger charge is -2.09. The van der Waals surface area contributed by atoms with Gasteiger partial charge in [0.05, 0.1) is 26.8 Å². The summed E-state index contributed by atoms with van der Waals surface area (Å²) in [5, 5.41) is 10.7. The Hall–Kier alpha value is -4.01. The van der Waals surface area contributed by atoms with Crippen LogP contribution < -0.4 is 19.5 Å². The Bertz CT molecular complexity index is 1230. The molecule has 0 aliphatic carbocycles. The van der Waals surface area contributed by atoms with Gasteiger partial charge in [-0.3, -0.25) is 15.2 Å². The predicted octanol–water partition coefficient (Wildman–Crippen LogP) is 3.21. The lowest BCUT2D eigenvalue weighted by Crippen LogP contribution is -2.19. The molecule has 0 aliphatic rings. The van der Waals surface area contributed by atoms with Gasteiger partial charge in [0, 0.05) is 18.0 Å². The minimum Gasteiger partial charge on any atom is -0.496 e. The highest BCUT2D eigenvalue weighted by atomic mass is 16.5. The van der Waals surface area contributed by atoms with Crippen LogP contribution in [0, 0.1) is 0 Å². The maximum atomic E-state index is 12.5. The number of carbonyl (C=O) groups is 1.